The normalized spacial score (nSPS) is 29.0. The number of carboxylic acids is 1. The van der Waals surface area contributed by atoms with Gasteiger partial charge in [-0.3, -0.25) is 14.1 Å². The molecule has 0 aromatic heterocycles. The number of nitrogens with zero attached hydrogens (tertiary/aromatic N) is 4. The molecule has 1 amide bonds. The molecule has 8 rings (SSSR count). The molecule has 0 saturated carbocycles. The van der Waals surface area contributed by atoms with E-state index in [1.54, 1.807) is 19.1 Å². The van der Waals surface area contributed by atoms with E-state index in [0.29, 0.717) is 35.2 Å². The van der Waals surface area contributed by atoms with Gasteiger partial charge in [-0.2, -0.15) is 5.26 Å². The number of aliphatic hydroxyl groups excluding tert-OH is 1. The standard InChI is InChI=1S/C31H31N4O5.2ClH/c1-18(36)27-26-16-23(28(31(39)40)33(26)30(27)38)20-3-5-22-24(15-20)21-4-2-19(14-25(21)29(22)37)17-35-11-8-34(7-6-32,9-12-35)10-13-35;;/h2-5,14-15,18,26-27,36H,7-13,16-17H2,1H3;2*1H/q+1;;/p-1/t18-,26-,27-,34?,35?;;/m1../s1. The zero-order valence-electron chi connectivity index (χ0n) is 23.2. The first-order chi connectivity index (χ1) is 19.2. The lowest BCUT2D eigenvalue weighted by Crippen LogP contribution is -3.00. The molecule has 2 aromatic rings. The van der Waals surface area contributed by atoms with E-state index in [1.165, 1.54) is 4.90 Å². The van der Waals surface area contributed by atoms with E-state index in [4.69, 9.17) is 0 Å². The summed E-state index contributed by atoms with van der Waals surface area (Å²) in [6.07, 6.45) is -0.489. The van der Waals surface area contributed by atoms with E-state index in [0.717, 1.165) is 71.5 Å². The molecule has 2 N–H and O–H groups in total. The second-order valence-electron chi connectivity index (χ2n) is 12.3. The monoisotopic (exact) mass is 610 g/mol. The van der Waals surface area contributed by atoms with Crippen molar-refractivity contribution >= 4 is 23.2 Å². The minimum absolute atomic E-state index is 0. The third-order valence-corrected chi connectivity index (χ3v) is 10.2. The zero-order chi connectivity index (χ0) is 28.0. The van der Waals surface area contributed by atoms with Gasteiger partial charge in [0.2, 0.25) is 5.91 Å². The van der Waals surface area contributed by atoms with Crippen molar-refractivity contribution in [2.24, 2.45) is 5.92 Å². The molecular formula is C31H32Cl2N4O5. The maximum Gasteiger partial charge on any atom is 0.352 e. The fourth-order valence-electron chi connectivity index (χ4n) is 7.89. The van der Waals surface area contributed by atoms with Crippen molar-refractivity contribution in [3.05, 3.63) is 64.3 Å². The Hall–Kier alpha value is -3.26. The number of ketones is 1. The minimum atomic E-state index is -1.16. The molecule has 220 valence electrons. The Morgan fingerprint density at radius 2 is 1.62 bits per heavy atom. The van der Waals surface area contributed by atoms with Gasteiger partial charge in [0, 0.05) is 16.7 Å². The van der Waals surface area contributed by atoms with Gasteiger partial charge in [-0.25, -0.2) is 4.79 Å². The third-order valence-electron chi connectivity index (χ3n) is 10.2. The Morgan fingerprint density at radius 3 is 2.24 bits per heavy atom. The molecule has 0 radical (unpaired) electrons. The van der Waals surface area contributed by atoms with Crippen molar-refractivity contribution in [3.8, 4) is 17.2 Å². The number of aliphatic carboxylic acids is 1. The minimum Gasteiger partial charge on any atom is -1.00 e. The molecule has 5 aliphatic heterocycles. The number of piperazine rings is 3. The van der Waals surface area contributed by atoms with Crippen LogP contribution in [0.5, 0.6) is 0 Å². The second-order valence-corrected chi connectivity index (χ2v) is 12.3. The number of amides is 1. The van der Waals surface area contributed by atoms with Crippen molar-refractivity contribution in [3.63, 3.8) is 0 Å². The fraction of sp³-hybridized carbons (Fsp3) is 0.419. The predicted octanol–water partition coefficient (Wildman–Crippen LogP) is -4.00. The molecule has 6 aliphatic rings. The Balaban J connectivity index is 0.00000176. The first-order valence-corrected chi connectivity index (χ1v) is 14.0. The van der Waals surface area contributed by atoms with Crippen LogP contribution >= 0.6 is 0 Å². The number of carbonyl (C=O) groups is 3. The van der Waals surface area contributed by atoms with Gasteiger partial charge >= 0.3 is 5.97 Å². The van der Waals surface area contributed by atoms with E-state index in [-0.39, 0.29) is 48.2 Å². The summed E-state index contributed by atoms with van der Waals surface area (Å²) < 4.78 is 1.93. The summed E-state index contributed by atoms with van der Waals surface area (Å²) in [4.78, 5) is 39.6. The van der Waals surface area contributed by atoms with Crippen LogP contribution in [0.2, 0.25) is 0 Å². The van der Waals surface area contributed by atoms with Gasteiger partial charge in [0.1, 0.15) is 57.6 Å². The molecule has 4 fully saturated rings. The van der Waals surface area contributed by atoms with Crippen LogP contribution in [-0.2, 0) is 16.1 Å². The number of carboxylic acid groups (broad SMARTS) is 1. The number of halogens is 2. The van der Waals surface area contributed by atoms with Crippen LogP contribution in [0.4, 0.5) is 0 Å². The fourth-order valence-corrected chi connectivity index (χ4v) is 7.89. The molecule has 4 saturated heterocycles. The summed E-state index contributed by atoms with van der Waals surface area (Å²) >= 11 is 0. The third kappa shape index (κ3) is 4.28. The highest BCUT2D eigenvalue weighted by Gasteiger charge is 2.57. The Kier molecular flexibility index (Phi) is 7.53. The summed E-state index contributed by atoms with van der Waals surface area (Å²) in [6.45, 7) is 9.26. The maximum absolute atomic E-state index is 13.5. The molecule has 3 atom stereocenters. The average Bonchev–Trinajstić information content (AvgIpc) is 3.42. The van der Waals surface area contributed by atoms with Crippen LogP contribution < -0.4 is 24.8 Å². The van der Waals surface area contributed by atoms with Crippen LogP contribution in [0.15, 0.2) is 42.1 Å². The number of carbonyl (C=O) groups excluding carboxylic acids is 2. The molecule has 5 heterocycles. The number of benzene rings is 2. The van der Waals surface area contributed by atoms with Crippen molar-refractivity contribution in [1.29, 1.82) is 5.26 Å². The first-order valence-electron chi connectivity index (χ1n) is 14.0. The quantitative estimate of drug-likeness (QED) is 0.167. The van der Waals surface area contributed by atoms with Gasteiger partial charge < -0.3 is 44.4 Å². The molecule has 2 bridgehead atoms. The summed E-state index contributed by atoms with van der Waals surface area (Å²) in [5, 5.41) is 29.3. The number of hydrogen-bond acceptors (Lipinski definition) is 5. The number of quaternary nitrogens is 2. The van der Waals surface area contributed by atoms with Crippen LogP contribution in [0.3, 0.4) is 0 Å². The van der Waals surface area contributed by atoms with Crippen molar-refractivity contribution in [2.45, 2.75) is 32.0 Å². The average molecular weight is 612 g/mol. The SMILES string of the molecule is C[C@@H](O)[C@H]1C(=O)N2C(C(=O)O)=C(c3ccc4c(c3)-c3ccc(C[N+]56CC[N+](CC#N)(CC5)CC6)cc3C4=O)C[C@H]12.[Cl-].[Cl-]. The van der Waals surface area contributed by atoms with Crippen LogP contribution in [0, 0.1) is 17.2 Å². The highest BCUT2D eigenvalue weighted by Crippen LogP contribution is 2.48. The van der Waals surface area contributed by atoms with E-state index >= 15 is 0 Å². The van der Waals surface area contributed by atoms with Gasteiger partial charge in [-0.15, -0.1) is 0 Å². The van der Waals surface area contributed by atoms with Crippen LogP contribution in [0.1, 0.15) is 40.4 Å². The van der Waals surface area contributed by atoms with Crippen molar-refractivity contribution in [2.75, 3.05) is 45.8 Å². The largest absolute Gasteiger partial charge is 1.00 e. The number of aliphatic hydroxyl groups is 1. The summed E-state index contributed by atoms with van der Waals surface area (Å²) in [7, 11) is 0. The van der Waals surface area contributed by atoms with E-state index in [9.17, 15) is 29.9 Å². The second kappa shape index (κ2) is 10.5. The van der Waals surface area contributed by atoms with Gasteiger partial charge in [0.05, 0.1) is 18.1 Å². The molecule has 42 heavy (non-hydrogen) atoms. The van der Waals surface area contributed by atoms with Gasteiger partial charge in [0.15, 0.2) is 12.3 Å². The lowest BCUT2D eigenvalue weighted by atomic mass is 9.82. The number of fused-ring (bicyclic) bond motifs is 7. The molecule has 2 aromatic carbocycles. The number of β-lactam (4-membered cyclic amide) rings is 1. The maximum atomic E-state index is 13.5. The molecule has 0 spiro atoms. The Labute approximate surface area is 256 Å². The van der Waals surface area contributed by atoms with E-state index in [2.05, 4.69) is 12.1 Å². The Bertz CT molecular complexity index is 1570. The van der Waals surface area contributed by atoms with E-state index in [1.807, 2.05) is 18.2 Å². The molecule has 0 unspecified atom stereocenters. The predicted molar refractivity (Wildman–Crippen MR) is 144 cm³/mol. The van der Waals surface area contributed by atoms with E-state index < -0.39 is 18.0 Å². The topological polar surface area (TPSA) is 119 Å². The molecule has 1 aliphatic carbocycles. The molecule has 11 heteroatoms. The van der Waals surface area contributed by atoms with Gasteiger partial charge in [0.25, 0.3) is 0 Å². The van der Waals surface area contributed by atoms with Gasteiger partial charge in [-0.05, 0) is 53.8 Å². The van der Waals surface area contributed by atoms with Crippen LogP contribution in [0.25, 0.3) is 16.7 Å². The summed E-state index contributed by atoms with van der Waals surface area (Å²) in [5.74, 6) is -2.14. The van der Waals surface area contributed by atoms with Crippen molar-refractivity contribution in [1.82, 2.24) is 4.90 Å². The number of nitriles is 1. The lowest BCUT2D eigenvalue weighted by molar-refractivity contribution is -1.08. The number of rotatable bonds is 6. The molecule has 9 nitrogen and oxygen atoms in total. The smallest absolute Gasteiger partial charge is 0.352 e. The van der Waals surface area contributed by atoms with Gasteiger partial charge in [-0.1, -0.05) is 18.2 Å². The first kappa shape index (κ1) is 30.2. The van der Waals surface area contributed by atoms with Crippen LogP contribution in [-0.4, -0.2) is 99.7 Å². The summed E-state index contributed by atoms with van der Waals surface area (Å²) in [6, 6.07) is 13.6. The van der Waals surface area contributed by atoms with Crippen molar-refractivity contribution < 1.29 is 58.4 Å². The highest BCUT2D eigenvalue weighted by atomic mass is 35.5. The Morgan fingerprint density at radius 1 is 0.976 bits per heavy atom. The summed E-state index contributed by atoms with van der Waals surface area (Å²) in [5.41, 5.74) is 5.28. The highest BCUT2D eigenvalue weighted by molar-refractivity contribution is 6.22. The molecular weight excluding hydrogens is 579 g/mol. The zero-order valence-corrected chi connectivity index (χ0v) is 24.7. The lowest BCUT2D eigenvalue weighted by Gasteiger charge is -2.54. The number of hydrogen-bond donors (Lipinski definition) is 2.